The molecule has 33 heteroatoms. The number of nitrogens with one attached hydrogen (secondary N) is 5. The lowest BCUT2D eigenvalue weighted by molar-refractivity contribution is -0.266. The molecule has 8 amide bonds. The molecule has 2 fully saturated rings. The molecular formula is C83H119N11O22. The van der Waals surface area contributed by atoms with Crippen molar-refractivity contribution in [1.29, 1.82) is 0 Å². The van der Waals surface area contributed by atoms with Gasteiger partial charge in [-0.15, -0.1) is 0 Å². The number of rotatable bonds is 39. The number of hydrogen-bond acceptors (Lipinski definition) is 23. The van der Waals surface area contributed by atoms with Crippen LogP contribution in [0.3, 0.4) is 0 Å². The fourth-order valence-corrected chi connectivity index (χ4v) is 13.5. The molecule has 17 N–H and O–H groups in total. The summed E-state index contributed by atoms with van der Waals surface area (Å²) in [5.74, 6) is -6.94. The number of carboxylic acids is 1. The first kappa shape index (κ1) is 96.2. The molecule has 2 saturated heterocycles. The number of amides is 8. The van der Waals surface area contributed by atoms with E-state index in [1.165, 1.54) is 113 Å². The van der Waals surface area contributed by atoms with Crippen molar-refractivity contribution < 1.29 is 97.9 Å². The number of benzene rings is 3. The number of aryl methyl sites for hydroxylation is 2. The Kier molecular flexibility index (Phi) is 41.0. The number of aliphatic carboxylic acids is 1. The van der Waals surface area contributed by atoms with Crippen molar-refractivity contribution in [3.05, 3.63) is 134 Å². The summed E-state index contributed by atoms with van der Waals surface area (Å²) in [6.07, 6.45) is 15.3. The summed E-state index contributed by atoms with van der Waals surface area (Å²) in [6, 6.07) is 16.5. The summed E-state index contributed by atoms with van der Waals surface area (Å²) in [7, 11) is 5.08. The highest BCUT2D eigenvalue weighted by molar-refractivity contribution is 6.10. The number of carbonyl (C=O) groups excluding carboxylic acids is 8. The molecule has 0 bridgehead atoms. The van der Waals surface area contributed by atoms with Crippen molar-refractivity contribution in [2.45, 2.75) is 243 Å². The largest absolute Gasteiger partial charge is 0.507 e. The number of aliphatic hydroxyl groups is 4. The second-order valence-electron chi connectivity index (χ2n) is 29.3. The van der Waals surface area contributed by atoms with E-state index in [0.717, 1.165) is 38.8 Å². The molecule has 6 aromatic rings. The number of carboxylic acid groups (broad SMARTS) is 1. The third-order valence-electron chi connectivity index (χ3n) is 20.1. The molecule has 0 spiro atoms. The minimum atomic E-state index is -1.68. The predicted molar refractivity (Wildman–Crippen MR) is 434 cm³/mol. The summed E-state index contributed by atoms with van der Waals surface area (Å²) in [5.41, 5.74) is 11.5. The van der Waals surface area contributed by atoms with Crippen LogP contribution >= 0.6 is 0 Å². The second kappa shape index (κ2) is 49.5. The minimum Gasteiger partial charge on any atom is -0.507 e. The van der Waals surface area contributed by atoms with Gasteiger partial charge in [-0.05, 0) is 109 Å². The van der Waals surface area contributed by atoms with Crippen molar-refractivity contribution in [2.24, 2.45) is 18.5 Å². The molecule has 638 valence electrons. The average Bonchev–Trinajstić information content (AvgIpc) is 0.761. The van der Waals surface area contributed by atoms with Gasteiger partial charge >= 0.3 is 5.97 Å². The molecule has 0 radical (unpaired) electrons. The fourth-order valence-electron chi connectivity index (χ4n) is 13.5. The summed E-state index contributed by atoms with van der Waals surface area (Å²) in [4.78, 5) is 141. The number of para-hydroxylation sites is 2. The molecule has 8 rings (SSSR count). The maximum atomic E-state index is 12.9. The first-order chi connectivity index (χ1) is 55.2. The quantitative estimate of drug-likeness (QED) is 0.0206. The molecule has 3 aromatic heterocycles. The number of aromatic hydroxyl groups is 3. The van der Waals surface area contributed by atoms with Gasteiger partial charge in [-0.1, -0.05) is 127 Å². The number of aliphatic hydroxyl groups excluding tert-OH is 4. The molecule has 2 aliphatic heterocycles. The van der Waals surface area contributed by atoms with Gasteiger partial charge in [0.15, 0.2) is 11.7 Å². The zero-order valence-electron chi connectivity index (χ0n) is 67.6. The van der Waals surface area contributed by atoms with E-state index in [-0.39, 0.29) is 70.3 Å². The number of nitrogens with two attached hydrogens (primary N) is 2. The van der Waals surface area contributed by atoms with Gasteiger partial charge in [0, 0.05) is 94.0 Å². The van der Waals surface area contributed by atoms with E-state index in [9.17, 15) is 93.6 Å². The van der Waals surface area contributed by atoms with E-state index in [0.29, 0.717) is 72.3 Å². The number of fused-ring (bicyclic) bond motifs is 2. The number of hydrogen-bond donors (Lipinski definition) is 15. The number of phenolic OH excluding ortho intramolecular Hbond substituents is 2. The summed E-state index contributed by atoms with van der Waals surface area (Å²) in [5, 5.41) is 94.0. The Morgan fingerprint density at radius 2 is 1.34 bits per heavy atom. The highest BCUT2D eigenvalue weighted by Gasteiger charge is 2.47. The van der Waals surface area contributed by atoms with Gasteiger partial charge in [-0.3, -0.25) is 52.9 Å². The Morgan fingerprint density at radius 1 is 0.724 bits per heavy atom. The zero-order chi connectivity index (χ0) is 85.7. The van der Waals surface area contributed by atoms with Crippen molar-refractivity contribution in [3.8, 4) is 17.2 Å². The van der Waals surface area contributed by atoms with Crippen LogP contribution in [0.4, 0.5) is 5.69 Å². The van der Waals surface area contributed by atoms with Crippen LogP contribution in [0.25, 0.3) is 21.9 Å². The third-order valence-corrected chi connectivity index (χ3v) is 20.1. The Morgan fingerprint density at radius 3 is 1.91 bits per heavy atom. The van der Waals surface area contributed by atoms with Crippen LogP contribution < -0.4 is 53.9 Å². The van der Waals surface area contributed by atoms with Crippen molar-refractivity contribution >= 4 is 80.8 Å². The van der Waals surface area contributed by atoms with E-state index in [2.05, 4.69) is 38.5 Å². The lowest BCUT2D eigenvalue weighted by Crippen LogP contribution is -2.65. The zero-order valence-corrected chi connectivity index (χ0v) is 67.6. The number of likely N-dealkylation sites (N-methyl/N-ethyl adjacent to an activating group) is 1. The number of unbranched alkanes of at least 4 members (excludes halogenated alkanes) is 15. The number of ether oxygens (including phenoxy) is 2. The van der Waals surface area contributed by atoms with E-state index in [4.69, 9.17) is 25.4 Å². The highest BCUT2D eigenvalue weighted by atomic mass is 16.6. The average molecular weight is 1620 g/mol. The van der Waals surface area contributed by atoms with Gasteiger partial charge in [0.25, 0.3) is 11.5 Å². The maximum absolute atomic E-state index is 12.9. The Hall–Kier alpha value is -10.4. The van der Waals surface area contributed by atoms with E-state index in [1.807, 2.05) is 18.0 Å². The predicted octanol–water partition coefficient (Wildman–Crippen LogP) is 5.70. The number of piperidine rings is 1. The lowest BCUT2D eigenvalue weighted by atomic mass is 9.85. The minimum absolute atomic E-state index is 0.0393. The van der Waals surface area contributed by atoms with Crippen molar-refractivity contribution in [1.82, 2.24) is 41.0 Å². The Balaban J connectivity index is 0.000000351. The van der Waals surface area contributed by atoms with Crippen LogP contribution in [0.1, 0.15) is 207 Å². The summed E-state index contributed by atoms with van der Waals surface area (Å²) >= 11 is 0. The molecule has 0 saturated carbocycles. The number of phenols is 2. The number of pyridine rings is 2. The van der Waals surface area contributed by atoms with Crippen LogP contribution in [0.15, 0.2) is 105 Å². The molecule has 11 atom stereocenters. The number of anilines is 1. The van der Waals surface area contributed by atoms with Crippen LogP contribution in [0.2, 0.25) is 0 Å². The van der Waals surface area contributed by atoms with E-state index >= 15 is 0 Å². The number of carbonyl (C=O) groups is 9. The maximum Gasteiger partial charge on any atom is 0.326 e. The summed E-state index contributed by atoms with van der Waals surface area (Å²) in [6.45, 7) is 8.53. The van der Waals surface area contributed by atoms with Gasteiger partial charge in [0.2, 0.25) is 41.4 Å². The molecule has 2 aliphatic rings. The number of β-amino-alcohol motifs (C(OH)–C–C–N with tert-alkyl or cyclic N) is 1. The monoisotopic (exact) mass is 1620 g/mol. The SMILES string of the molecule is CCCCCCCCCCCCCCCCCC(=O)NCCCC[C@H](NC(=O)CC[C@@H](NC(=O)[C@H](C)NC(=O)[C@@H](C)O[C@H]1C(O)[C@@H](CO)O[C@@H](O)[C@@H]1NC(C)=O)C(N)=O)C(=O)O.CN(C(=O)c1c(O)c2ccccc2n(C)c1=O)c1ccccc1.Cc1cc(=O)c2c(O)cc(O)c([C@H]3CCN(C)C[C@H]3O)c2o1.NC(=O)c1cccnc1. The fraction of sp³-hybridized carbons (Fsp3) is 0.542. The molecular weight excluding hydrogens is 1500 g/mol. The summed E-state index contributed by atoms with van der Waals surface area (Å²) < 4.78 is 17.8. The van der Waals surface area contributed by atoms with Gasteiger partial charge < -0.3 is 107 Å². The van der Waals surface area contributed by atoms with E-state index < -0.39 is 120 Å². The smallest absolute Gasteiger partial charge is 0.326 e. The van der Waals surface area contributed by atoms with Crippen LogP contribution in [-0.4, -0.2) is 210 Å². The molecule has 33 nitrogen and oxygen atoms in total. The number of aromatic nitrogens is 2. The molecule has 0 aliphatic carbocycles. The molecule has 116 heavy (non-hydrogen) atoms. The van der Waals surface area contributed by atoms with Crippen molar-refractivity contribution in [3.63, 3.8) is 0 Å². The topological polar surface area (TPSA) is 518 Å². The number of primary amides is 2. The Labute approximate surface area is 674 Å². The van der Waals surface area contributed by atoms with Gasteiger partial charge in [0.05, 0.1) is 23.8 Å². The molecule has 3 aromatic carbocycles. The standard InChI is InChI=1S/C43H78N6O13.C18H16N2O3.C16H19NO5.C6H6N2O/c1-5-6-7-8-9-10-11-12-13-14-15-16-17-18-19-23-34(52)45-26-21-20-22-32(42(58)59)48-35(53)25-24-31(39(44)55)49-40(56)28(2)46-41(57)29(3)61-38-36(47-30(4)51)43(60)62-33(27-50)37(38)54;1-19(12-8-4-3-5-9-12)17(22)15-16(21)13-10-6-7-11-14(13)20(2)18(15)23;1-8-5-10(18)15-12(20)6-11(19)14(16(15)22-8)9-3-4-17(2)7-13(9)21;7-6(9)5-2-1-3-8-4-5/h28-29,31-33,36-38,43,50,54,60H,5-27H2,1-4H3,(H2,44,55)(H,45,52)(H,46,57)(H,47,51)(H,48,53)(H,49,56)(H,58,59);3-11,21H,1-2H3;5-6,9,13,19-21H,3-4,7H2,1-2H3;1-4H,(H2,7,9)/t28-,29+,31+,32-,33+,36+,37?,38+,43+;;9-,13+;/m0.0./s1. The lowest BCUT2D eigenvalue weighted by Gasteiger charge is -2.43. The van der Waals surface area contributed by atoms with Gasteiger partial charge in [-0.25, -0.2) is 4.79 Å². The number of nitrogens with zero attached hydrogens (tertiary/aromatic N) is 4. The first-order valence-electron chi connectivity index (χ1n) is 39.7. The highest BCUT2D eigenvalue weighted by Crippen LogP contribution is 2.42. The van der Waals surface area contributed by atoms with E-state index in [1.54, 1.807) is 87.9 Å². The Bertz CT molecular complexity index is 4300. The van der Waals surface area contributed by atoms with Crippen LogP contribution in [0.5, 0.6) is 17.2 Å². The molecule has 5 heterocycles. The number of likely N-dealkylation sites (tertiary alicyclic amines) is 1. The van der Waals surface area contributed by atoms with Crippen LogP contribution in [0, 0.1) is 6.92 Å². The van der Waals surface area contributed by atoms with Crippen LogP contribution in [-0.2, 0) is 50.1 Å². The third kappa shape index (κ3) is 30.3. The van der Waals surface area contributed by atoms with Crippen molar-refractivity contribution in [2.75, 3.05) is 45.2 Å². The first-order valence-corrected chi connectivity index (χ1v) is 39.7. The molecule has 1 unspecified atom stereocenters. The second-order valence-corrected chi connectivity index (χ2v) is 29.3. The normalized spacial score (nSPS) is 18.2. The van der Waals surface area contributed by atoms with Gasteiger partial charge in [-0.2, -0.15) is 0 Å². The van der Waals surface area contributed by atoms with Gasteiger partial charge in [0.1, 0.15) is 88.1 Å².